The Morgan fingerprint density at radius 2 is 1.79 bits per heavy atom. The van der Waals surface area contributed by atoms with Crippen LogP contribution in [0.25, 0.3) is 0 Å². The molecular weight excluding hydrogens is 246 g/mol. The van der Waals surface area contributed by atoms with Crippen LogP contribution in [0.5, 0.6) is 0 Å². The van der Waals surface area contributed by atoms with Gasteiger partial charge >= 0.3 is 0 Å². The van der Waals surface area contributed by atoms with E-state index in [9.17, 15) is 4.79 Å². The van der Waals surface area contributed by atoms with Gasteiger partial charge < -0.3 is 19.8 Å². The molecule has 0 bridgehead atoms. The van der Waals surface area contributed by atoms with E-state index in [0.717, 1.165) is 0 Å². The first-order chi connectivity index (χ1) is 9.24. The van der Waals surface area contributed by atoms with Gasteiger partial charge in [0.1, 0.15) is 0 Å². The fourth-order valence-corrected chi connectivity index (χ4v) is 1.68. The zero-order chi connectivity index (χ0) is 14.1. The number of benzene rings is 1. The number of rotatable bonds is 8. The van der Waals surface area contributed by atoms with E-state index in [1.165, 1.54) is 0 Å². The lowest BCUT2D eigenvalue weighted by atomic mass is 10.1. The number of amides is 1. The molecule has 1 rings (SSSR count). The first-order valence-electron chi connectivity index (χ1n) is 6.07. The van der Waals surface area contributed by atoms with E-state index in [1.54, 1.807) is 37.3 Å². The normalized spacial score (nSPS) is 10.3. The summed E-state index contributed by atoms with van der Waals surface area (Å²) in [6.45, 7) is 1.98. The summed E-state index contributed by atoms with van der Waals surface area (Å²) in [5.74, 6) is 5.32. The Labute approximate surface area is 113 Å². The molecule has 1 aromatic carbocycles. The second-order valence-corrected chi connectivity index (χ2v) is 3.97. The molecule has 0 fully saturated rings. The third-order valence-corrected chi connectivity index (χ3v) is 2.73. The third-order valence-electron chi connectivity index (χ3n) is 2.73. The summed E-state index contributed by atoms with van der Waals surface area (Å²) in [7, 11) is 3.21. The van der Waals surface area contributed by atoms with Gasteiger partial charge in [-0.2, -0.15) is 0 Å². The van der Waals surface area contributed by atoms with Crippen LogP contribution in [0.15, 0.2) is 24.3 Å². The van der Waals surface area contributed by atoms with Crippen LogP contribution in [0.3, 0.4) is 0 Å². The maximum Gasteiger partial charge on any atom is 0.256 e. The zero-order valence-corrected chi connectivity index (χ0v) is 11.4. The van der Waals surface area contributed by atoms with Crippen LogP contribution in [0, 0.1) is 0 Å². The number of anilines is 1. The molecule has 0 unspecified atom stereocenters. The van der Waals surface area contributed by atoms with Crippen molar-refractivity contribution in [3.05, 3.63) is 29.8 Å². The Morgan fingerprint density at radius 3 is 2.32 bits per heavy atom. The molecule has 0 spiro atoms. The minimum absolute atomic E-state index is 0.0948. The summed E-state index contributed by atoms with van der Waals surface area (Å²) in [4.78, 5) is 14.1. The first-order valence-corrected chi connectivity index (χ1v) is 6.07. The number of hydrogen-bond acceptors (Lipinski definition) is 5. The summed E-state index contributed by atoms with van der Waals surface area (Å²) in [5.41, 5.74) is 3.68. The summed E-state index contributed by atoms with van der Waals surface area (Å²) in [5, 5.41) is 0. The van der Waals surface area contributed by atoms with Crippen molar-refractivity contribution in [2.75, 3.05) is 45.9 Å². The summed E-state index contributed by atoms with van der Waals surface area (Å²) in [6, 6.07) is 7.13. The highest BCUT2D eigenvalue weighted by atomic mass is 16.5. The minimum Gasteiger partial charge on any atom is -0.383 e. The van der Waals surface area contributed by atoms with Crippen molar-refractivity contribution < 1.29 is 14.3 Å². The molecule has 1 amide bonds. The van der Waals surface area contributed by atoms with Crippen LogP contribution in [0.2, 0.25) is 0 Å². The Balaban J connectivity index is 2.84. The monoisotopic (exact) mass is 267 g/mol. The molecular formula is C13H21N3O3. The van der Waals surface area contributed by atoms with Gasteiger partial charge in [0.2, 0.25) is 0 Å². The SMILES string of the molecule is COCCN(CCOC)C(=O)c1ccccc1NN. The highest BCUT2D eigenvalue weighted by molar-refractivity contribution is 5.99. The number of nitrogens with zero attached hydrogens (tertiary/aromatic N) is 1. The van der Waals surface area contributed by atoms with E-state index in [1.807, 2.05) is 6.07 Å². The molecule has 6 nitrogen and oxygen atoms in total. The largest absolute Gasteiger partial charge is 0.383 e. The average Bonchev–Trinajstić information content (AvgIpc) is 2.46. The highest BCUT2D eigenvalue weighted by Crippen LogP contribution is 2.16. The first kappa shape index (κ1) is 15.4. The van der Waals surface area contributed by atoms with Gasteiger partial charge in [-0.25, -0.2) is 0 Å². The molecule has 0 aliphatic heterocycles. The van der Waals surface area contributed by atoms with Gasteiger partial charge in [0, 0.05) is 27.3 Å². The topological polar surface area (TPSA) is 76.8 Å². The van der Waals surface area contributed by atoms with E-state index in [-0.39, 0.29) is 5.91 Å². The van der Waals surface area contributed by atoms with Crippen molar-refractivity contribution in [3.8, 4) is 0 Å². The lowest BCUT2D eigenvalue weighted by Gasteiger charge is -2.23. The van der Waals surface area contributed by atoms with Gasteiger partial charge in [-0.1, -0.05) is 12.1 Å². The number of para-hydroxylation sites is 1. The van der Waals surface area contributed by atoms with Crippen molar-refractivity contribution in [2.24, 2.45) is 5.84 Å². The van der Waals surface area contributed by atoms with Crippen LogP contribution in [-0.4, -0.2) is 51.3 Å². The molecule has 0 saturated heterocycles. The summed E-state index contributed by atoms with van der Waals surface area (Å²) in [6.07, 6.45) is 0. The number of hydrazine groups is 1. The molecule has 19 heavy (non-hydrogen) atoms. The fraction of sp³-hybridized carbons (Fsp3) is 0.462. The Morgan fingerprint density at radius 1 is 1.21 bits per heavy atom. The van der Waals surface area contributed by atoms with Crippen molar-refractivity contribution in [3.63, 3.8) is 0 Å². The van der Waals surface area contributed by atoms with Crippen LogP contribution in [0.1, 0.15) is 10.4 Å². The zero-order valence-electron chi connectivity index (χ0n) is 11.4. The Kier molecular flexibility index (Phi) is 6.88. The summed E-state index contributed by atoms with van der Waals surface area (Å²) >= 11 is 0. The smallest absolute Gasteiger partial charge is 0.256 e. The van der Waals surface area contributed by atoms with E-state index in [2.05, 4.69) is 5.43 Å². The number of carbonyl (C=O) groups excluding carboxylic acids is 1. The molecule has 0 aromatic heterocycles. The second kappa shape index (κ2) is 8.47. The van der Waals surface area contributed by atoms with Gasteiger partial charge in [-0.15, -0.1) is 0 Å². The molecule has 106 valence electrons. The van der Waals surface area contributed by atoms with E-state index >= 15 is 0 Å². The molecule has 0 atom stereocenters. The number of nitrogens with one attached hydrogen (secondary N) is 1. The standard InChI is InChI=1S/C13H21N3O3/c1-18-9-7-16(8-10-19-2)13(17)11-5-3-4-6-12(11)15-14/h3-6,15H,7-10,14H2,1-2H3. The van der Waals surface area contributed by atoms with Crippen molar-refractivity contribution in [1.82, 2.24) is 4.90 Å². The van der Waals surface area contributed by atoms with Crippen molar-refractivity contribution in [2.45, 2.75) is 0 Å². The van der Waals surface area contributed by atoms with E-state index < -0.39 is 0 Å². The maximum absolute atomic E-state index is 12.5. The molecule has 0 radical (unpaired) electrons. The molecule has 3 N–H and O–H groups in total. The second-order valence-electron chi connectivity index (χ2n) is 3.97. The number of methoxy groups -OCH3 is 2. The molecule has 1 aromatic rings. The minimum atomic E-state index is -0.0948. The highest BCUT2D eigenvalue weighted by Gasteiger charge is 2.17. The van der Waals surface area contributed by atoms with Gasteiger partial charge in [0.25, 0.3) is 5.91 Å². The number of nitrogen functional groups attached to an aromatic ring is 1. The van der Waals surface area contributed by atoms with Crippen molar-refractivity contribution >= 4 is 11.6 Å². The van der Waals surface area contributed by atoms with Gasteiger partial charge in [-0.3, -0.25) is 10.6 Å². The number of carbonyl (C=O) groups is 1. The maximum atomic E-state index is 12.5. The predicted molar refractivity (Wildman–Crippen MR) is 73.9 cm³/mol. The molecule has 0 aliphatic rings. The summed E-state index contributed by atoms with van der Waals surface area (Å²) < 4.78 is 10.0. The lowest BCUT2D eigenvalue weighted by Crippen LogP contribution is -2.37. The van der Waals surface area contributed by atoms with Crippen LogP contribution in [0.4, 0.5) is 5.69 Å². The molecule has 6 heteroatoms. The number of nitrogens with two attached hydrogens (primary N) is 1. The van der Waals surface area contributed by atoms with Crippen LogP contribution < -0.4 is 11.3 Å². The third kappa shape index (κ3) is 4.51. The Bertz CT molecular complexity index is 390. The van der Waals surface area contributed by atoms with E-state index in [4.69, 9.17) is 15.3 Å². The molecule has 0 heterocycles. The van der Waals surface area contributed by atoms with Gasteiger partial charge in [-0.05, 0) is 12.1 Å². The number of ether oxygens (including phenoxy) is 2. The predicted octanol–water partition coefficient (Wildman–Crippen LogP) is 0.707. The lowest BCUT2D eigenvalue weighted by molar-refractivity contribution is 0.0628. The quantitative estimate of drug-likeness (QED) is 0.536. The Hall–Kier alpha value is -1.63. The molecule has 0 aliphatic carbocycles. The fourth-order valence-electron chi connectivity index (χ4n) is 1.68. The van der Waals surface area contributed by atoms with E-state index in [0.29, 0.717) is 37.6 Å². The van der Waals surface area contributed by atoms with Gasteiger partial charge in [0.15, 0.2) is 0 Å². The average molecular weight is 267 g/mol. The number of hydrogen-bond donors (Lipinski definition) is 2. The van der Waals surface area contributed by atoms with Gasteiger partial charge in [0.05, 0.1) is 24.5 Å². The van der Waals surface area contributed by atoms with Crippen LogP contribution >= 0.6 is 0 Å². The molecule has 0 saturated carbocycles. The van der Waals surface area contributed by atoms with Crippen LogP contribution in [-0.2, 0) is 9.47 Å². The van der Waals surface area contributed by atoms with Crippen molar-refractivity contribution in [1.29, 1.82) is 0 Å².